The fraction of sp³-hybridized carbons (Fsp3) is 0.615. The van der Waals surface area contributed by atoms with Crippen LogP contribution in [0.4, 0.5) is 11.8 Å². The summed E-state index contributed by atoms with van der Waals surface area (Å²) in [4.78, 5) is 11.2. The number of fused-ring (bicyclic) bond motifs is 1. The molecule has 2 aromatic heterocycles. The van der Waals surface area contributed by atoms with E-state index in [1.54, 1.807) is 6.20 Å². The number of hydrogen-bond donors (Lipinski definition) is 2. The largest absolute Gasteiger partial charge is 0.378 e. The Morgan fingerprint density at radius 2 is 2.20 bits per heavy atom. The highest BCUT2D eigenvalue weighted by atomic mass is 16.5. The molecule has 0 radical (unpaired) electrons. The Morgan fingerprint density at radius 1 is 1.40 bits per heavy atom. The first-order valence-corrected chi connectivity index (χ1v) is 7.07. The average molecular weight is 276 g/mol. The maximum absolute atomic E-state index is 5.69. The molecule has 7 nitrogen and oxygen atoms in total. The number of anilines is 2. The first-order chi connectivity index (χ1) is 9.81. The second-order valence-corrected chi connectivity index (χ2v) is 4.89. The van der Waals surface area contributed by atoms with Gasteiger partial charge >= 0.3 is 0 Å². The molecule has 0 spiro atoms. The van der Waals surface area contributed by atoms with Gasteiger partial charge in [0.25, 0.3) is 0 Å². The van der Waals surface area contributed by atoms with E-state index in [0.29, 0.717) is 12.1 Å². The lowest BCUT2D eigenvalue weighted by Crippen LogP contribution is -2.37. The van der Waals surface area contributed by atoms with Crippen LogP contribution in [-0.2, 0) is 4.74 Å². The van der Waals surface area contributed by atoms with E-state index in [0.717, 1.165) is 49.4 Å². The molecule has 0 amide bonds. The average Bonchev–Trinajstić information content (AvgIpc) is 2.95. The van der Waals surface area contributed by atoms with Crippen LogP contribution in [0.25, 0.3) is 11.0 Å². The summed E-state index contributed by atoms with van der Waals surface area (Å²) in [5, 5.41) is 10.9. The Labute approximate surface area is 117 Å². The Kier molecular flexibility index (Phi) is 3.68. The van der Waals surface area contributed by atoms with Crippen molar-refractivity contribution in [1.82, 2.24) is 20.2 Å². The molecule has 0 saturated carbocycles. The number of H-pyrrole nitrogens is 1. The molecule has 20 heavy (non-hydrogen) atoms. The van der Waals surface area contributed by atoms with Crippen LogP contribution in [-0.4, -0.2) is 53.0 Å². The molecule has 1 aliphatic rings. The summed E-state index contributed by atoms with van der Waals surface area (Å²) in [6, 6.07) is 0. The molecule has 1 saturated heterocycles. The molecule has 0 atom stereocenters. The summed E-state index contributed by atoms with van der Waals surface area (Å²) in [5.41, 5.74) is 0.770. The van der Waals surface area contributed by atoms with Crippen LogP contribution < -0.4 is 10.2 Å². The minimum atomic E-state index is 0.377. The van der Waals surface area contributed by atoms with E-state index in [4.69, 9.17) is 4.74 Å². The molecule has 0 unspecified atom stereocenters. The fourth-order valence-corrected chi connectivity index (χ4v) is 2.64. The van der Waals surface area contributed by atoms with Gasteiger partial charge in [-0.05, 0) is 19.8 Å². The van der Waals surface area contributed by atoms with Gasteiger partial charge in [-0.1, -0.05) is 0 Å². The summed E-state index contributed by atoms with van der Waals surface area (Å²) in [6.45, 7) is 4.73. The number of hydrogen-bond acceptors (Lipinski definition) is 6. The fourth-order valence-electron chi connectivity index (χ4n) is 2.64. The van der Waals surface area contributed by atoms with Gasteiger partial charge in [-0.25, -0.2) is 0 Å². The molecule has 2 aromatic rings. The van der Waals surface area contributed by atoms with Crippen molar-refractivity contribution in [3.63, 3.8) is 0 Å². The molecule has 0 bridgehead atoms. The van der Waals surface area contributed by atoms with Crippen molar-refractivity contribution in [2.45, 2.75) is 25.9 Å². The zero-order valence-corrected chi connectivity index (χ0v) is 11.9. The minimum Gasteiger partial charge on any atom is -0.378 e. The van der Waals surface area contributed by atoms with E-state index in [1.807, 2.05) is 14.0 Å². The third-order valence-corrected chi connectivity index (χ3v) is 3.66. The number of rotatable bonds is 4. The maximum atomic E-state index is 5.69. The van der Waals surface area contributed by atoms with Crippen LogP contribution >= 0.6 is 0 Å². The Morgan fingerprint density at radius 3 is 2.90 bits per heavy atom. The number of nitrogens with zero attached hydrogens (tertiary/aromatic N) is 4. The van der Waals surface area contributed by atoms with Crippen molar-refractivity contribution in [2.75, 3.05) is 37.0 Å². The van der Waals surface area contributed by atoms with E-state index in [1.165, 1.54) is 0 Å². The monoisotopic (exact) mass is 276 g/mol. The van der Waals surface area contributed by atoms with Gasteiger partial charge < -0.3 is 15.0 Å². The van der Waals surface area contributed by atoms with E-state index in [-0.39, 0.29) is 0 Å². The summed E-state index contributed by atoms with van der Waals surface area (Å²) < 4.78 is 5.69. The van der Waals surface area contributed by atoms with Gasteiger partial charge in [-0.3, -0.25) is 5.10 Å². The number of aromatic amines is 1. The molecule has 0 aliphatic carbocycles. The van der Waals surface area contributed by atoms with Gasteiger partial charge in [-0.2, -0.15) is 15.1 Å². The van der Waals surface area contributed by atoms with Crippen molar-refractivity contribution in [1.29, 1.82) is 0 Å². The number of aromatic nitrogens is 4. The van der Waals surface area contributed by atoms with Gasteiger partial charge in [0.05, 0.1) is 17.7 Å². The first-order valence-electron chi connectivity index (χ1n) is 7.07. The molecule has 7 heteroatoms. The highest BCUT2D eigenvalue weighted by Crippen LogP contribution is 2.27. The van der Waals surface area contributed by atoms with Gasteiger partial charge in [0.1, 0.15) is 5.82 Å². The van der Waals surface area contributed by atoms with Crippen LogP contribution in [0.3, 0.4) is 0 Å². The van der Waals surface area contributed by atoms with Gasteiger partial charge in [-0.15, -0.1) is 0 Å². The highest BCUT2D eigenvalue weighted by Gasteiger charge is 2.23. The van der Waals surface area contributed by atoms with Crippen molar-refractivity contribution < 1.29 is 4.74 Å². The van der Waals surface area contributed by atoms with Crippen LogP contribution in [0.2, 0.25) is 0 Å². The van der Waals surface area contributed by atoms with Gasteiger partial charge in [0, 0.05) is 26.7 Å². The van der Waals surface area contributed by atoms with E-state index in [9.17, 15) is 0 Å². The third-order valence-electron chi connectivity index (χ3n) is 3.66. The smallest absolute Gasteiger partial charge is 0.226 e. The minimum absolute atomic E-state index is 0.377. The normalized spacial score (nSPS) is 16.8. The second kappa shape index (κ2) is 5.62. The van der Waals surface area contributed by atoms with Crippen LogP contribution in [0.1, 0.15) is 19.8 Å². The van der Waals surface area contributed by atoms with Crippen LogP contribution in [0.5, 0.6) is 0 Å². The second-order valence-electron chi connectivity index (χ2n) is 4.89. The topological polar surface area (TPSA) is 79.0 Å². The molecule has 0 aromatic carbocycles. The molecule has 108 valence electrons. The van der Waals surface area contributed by atoms with E-state index < -0.39 is 0 Å². The Hall–Kier alpha value is -1.89. The SMILES string of the molecule is CCOC1CCN(c2nc(NC)nc3[nH]ncc23)CC1. The molecule has 3 rings (SSSR count). The van der Waals surface area contributed by atoms with Gasteiger partial charge in [0.15, 0.2) is 5.65 Å². The quantitative estimate of drug-likeness (QED) is 0.879. The lowest BCUT2D eigenvalue weighted by atomic mass is 10.1. The first kappa shape index (κ1) is 13.1. The Bertz CT molecular complexity index is 575. The molecule has 3 heterocycles. The number of nitrogens with one attached hydrogen (secondary N) is 2. The molecule has 1 aliphatic heterocycles. The number of piperidine rings is 1. The maximum Gasteiger partial charge on any atom is 0.226 e. The summed E-state index contributed by atoms with van der Waals surface area (Å²) >= 11 is 0. The van der Waals surface area contributed by atoms with Crippen molar-refractivity contribution in [2.24, 2.45) is 0 Å². The predicted octanol–water partition coefficient (Wildman–Crippen LogP) is 1.40. The van der Waals surface area contributed by atoms with E-state index in [2.05, 4.69) is 30.4 Å². The van der Waals surface area contributed by atoms with Crippen molar-refractivity contribution >= 4 is 22.8 Å². The molecule has 1 fully saturated rings. The van der Waals surface area contributed by atoms with E-state index >= 15 is 0 Å². The summed E-state index contributed by atoms with van der Waals surface area (Å²) in [6.07, 6.45) is 4.23. The molecule has 2 N–H and O–H groups in total. The van der Waals surface area contributed by atoms with Crippen molar-refractivity contribution in [3.8, 4) is 0 Å². The van der Waals surface area contributed by atoms with Crippen LogP contribution in [0.15, 0.2) is 6.20 Å². The molecular formula is C13H20N6O. The molecular weight excluding hydrogens is 256 g/mol. The van der Waals surface area contributed by atoms with Gasteiger partial charge in [0.2, 0.25) is 5.95 Å². The lowest BCUT2D eigenvalue weighted by molar-refractivity contribution is 0.0459. The lowest BCUT2D eigenvalue weighted by Gasteiger charge is -2.32. The predicted molar refractivity (Wildman–Crippen MR) is 78.1 cm³/mol. The zero-order chi connectivity index (χ0) is 13.9. The summed E-state index contributed by atoms with van der Waals surface area (Å²) in [5.74, 6) is 1.56. The highest BCUT2D eigenvalue weighted by molar-refractivity contribution is 5.87. The van der Waals surface area contributed by atoms with Crippen LogP contribution in [0, 0.1) is 0 Å². The Balaban J connectivity index is 1.85. The third kappa shape index (κ3) is 2.40. The summed E-state index contributed by atoms with van der Waals surface area (Å²) in [7, 11) is 1.82. The standard InChI is InChI=1S/C13H20N6O/c1-3-20-9-4-6-19(7-5-9)12-10-8-15-18-11(10)16-13(14-2)17-12/h8-9H,3-7H2,1-2H3,(H2,14,15,16,17,18). The zero-order valence-electron chi connectivity index (χ0n) is 11.9. The number of ether oxygens (including phenoxy) is 1. The van der Waals surface area contributed by atoms with Crippen molar-refractivity contribution in [3.05, 3.63) is 6.20 Å².